The van der Waals surface area contributed by atoms with E-state index in [0.717, 1.165) is 23.1 Å². The maximum absolute atomic E-state index is 12.2. The Balaban J connectivity index is 1.98. The average molecular weight is 391 g/mol. The van der Waals surface area contributed by atoms with Crippen LogP contribution in [0.15, 0.2) is 42.5 Å². The van der Waals surface area contributed by atoms with E-state index in [1.807, 2.05) is 32.0 Å². The fourth-order valence-electron chi connectivity index (χ4n) is 2.68. The Morgan fingerprint density at radius 2 is 1.85 bits per heavy atom. The summed E-state index contributed by atoms with van der Waals surface area (Å²) in [4.78, 5) is 12.2. The number of hydrogen-bond donors (Lipinski definition) is 1. The maximum Gasteiger partial charge on any atom is 0.232 e. The topological polar surface area (TPSA) is 75.7 Å². The van der Waals surface area contributed by atoms with Crippen molar-refractivity contribution in [2.45, 2.75) is 26.7 Å². The minimum absolute atomic E-state index is 0.141. The van der Waals surface area contributed by atoms with Crippen molar-refractivity contribution in [3.8, 4) is 5.75 Å². The molecule has 146 valence electrons. The molecular weight excluding hydrogens is 364 g/mol. The second kappa shape index (κ2) is 8.90. The molecule has 0 aromatic heterocycles. The van der Waals surface area contributed by atoms with Gasteiger partial charge in [0.05, 0.1) is 19.1 Å². The second-order valence-corrected chi connectivity index (χ2v) is 8.39. The first-order chi connectivity index (χ1) is 12.7. The molecule has 0 aliphatic heterocycles. The number of carbonyl (C=O) groups excluding carboxylic acids is 1. The van der Waals surface area contributed by atoms with E-state index < -0.39 is 10.0 Å². The molecule has 0 aliphatic carbocycles. The molecule has 6 nitrogen and oxygen atoms in total. The summed E-state index contributed by atoms with van der Waals surface area (Å²) in [6.45, 7) is 4.22. The first-order valence-electron chi connectivity index (χ1n) is 8.69. The summed E-state index contributed by atoms with van der Waals surface area (Å²) in [5.41, 5.74) is 3.53. The summed E-state index contributed by atoms with van der Waals surface area (Å²) >= 11 is 0. The van der Waals surface area contributed by atoms with Gasteiger partial charge in [0.2, 0.25) is 15.9 Å². The SMILES string of the molecule is COc1cccc(N(CCCC(=O)Nc2ccc(C)c(C)c2)S(C)(=O)=O)c1. The van der Waals surface area contributed by atoms with E-state index in [2.05, 4.69) is 5.32 Å². The summed E-state index contributed by atoms with van der Waals surface area (Å²) in [6.07, 6.45) is 1.78. The van der Waals surface area contributed by atoms with E-state index in [0.29, 0.717) is 17.9 Å². The molecule has 1 amide bonds. The number of hydrogen-bond acceptors (Lipinski definition) is 4. The lowest BCUT2D eigenvalue weighted by Gasteiger charge is -2.22. The van der Waals surface area contributed by atoms with Crippen LogP contribution in [0.5, 0.6) is 5.75 Å². The van der Waals surface area contributed by atoms with Crippen LogP contribution < -0.4 is 14.4 Å². The summed E-state index contributed by atoms with van der Waals surface area (Å²) in [7, 11) is -1.94. The molecule has 0 heterocycles. The molecule has 0 saturated carbocycles. The third-order valence-corrected chi connectivity index (χ3v) is 5.49. The first kappa shape index (κ1) is 20.8. The average Bonchev–Trinajstić information content (AvgIpc) is 2.61. The Labute approximate surface area is 161 Å². The molecule has 2 aromatic carbocycles. The minimum atomic E-state index is -3.46. The van der Waals surface area contributed by atoms with E-state index >= 15 is 0 Å². The number of benzene rings is 2. The summed E-state index contributed by atoms with van der Waals surface area (Å²) in [6, 6.07) is 12.6. The van der Waals surface area contributed by atoms with Crippen molar-refractivity contribution in [1.29, 1.82) is 0 Å². The number of carbonyl (C=O) groups is 1. The van der Waals surface area contributed by atoms with Crippen LogP contribution in [0.25, 0.3) is 0 Å². The fraction of sp³-hybridized carbons (Fsp3) is 0.350. The van der Waals surface area contributed by atoms with Gasteiger partial charge in [-0.3, -0.25) is 9.10 Å². The molecule has 0 radical (unpaired) electrons. The highest BCUT2D eigenvalue weighted by Crippen LogP contribution is 2.23. The van der Waals surface area contributed by atoms with Crippen molar-refractivity contribution < 1.29 is 17.9 Å². The number of methoxy groups -OCH3 is 1. The third kappa shape index (κ3) is 5.99. The van der Waals surface area contributed by atoms with Crippen LogP contribution >= 0.6 is 0 Å². The van der Waals surface area contributed by atoms with Gasteiger partial charge < -0.3 is 10.1 Å². The van der Waals surface area contributed by atoms with Gasteiger partial charge in [0, 0.05) is 24.7 Å². The predicted octanol–water partition coefficient (Wildman–Crippen LogP) is 3.50. The van der Waals surface area contributed by atoms with Crippen LogP contribution in [0, 0.1) is 13.8 Å². The normalized spacial score (nSPS) is 11.1. The smallest absolute Gasteiger partial charge is 0.232 e. The lowest BCUT2D eigenvalue weighted by atomic mass is 10.1. The van der Waals surface area contributed by atoms with Gasteiger partial charge in [-0.2, -0.15) is 0 Å². The molecule has 1 N–H and O–H groups in total. The van der Waals surface area contributed by atoms with E-state index in [-0.39, 0.29) is 18.9 Å². The van der Waals surface area contributed by atoms with E-state index in [9.17, 15) is 13.2 Å². The molecule has 2 aromatic rings. The monoisotopic (exact) mass is 390 g/mol. The Morgan fingerprint density at radius 1 is 1.11 bits per heavy atom. The van der Waals surface area contributed by atoms with Crippen molar-refractivity contribution in [3.05, 3.63) is 53.6 Å². The second-order valence-electron chi connectivity index (χ2n) is 6.49. The fourth-order valence-corrected chi connectivity index (χ4v) is 3.64. The first-order valence-corrected chi connectivity index (χ1v) is 10.5. The highest BCUT2D eigenvalue weighted by Gasteiger charge is 2.18. The van der Waals surface area contributed by atoms with Gasteiger partial charge in [-0.25, -0.2) is 8.42 Å². The van der Waals surface area contributed by atoms with Gasteiger partial charge in [-0.15, -0.1) is 0 Å². The molecule has 0 spiro atoms. The largest absolute Gasteiger partial charge is 0.497 e. The number of amides is 1. The minimum Gasteiger partial charge on any atom is -0.497 e. The van der Waals surface area contributed by atoms with Crippen LogP contribution in [-0.2, 0) is 14.8 Å². The van der Waals surface area contributed by atoms with Gasteiger partial charge in [-0.1, -0.05) is 12.1 Å². The Kier molecular flexibility index (Phi) is 6.85. The summed E-state index contributed by atoms with van der Waals surface area (Å²) < 4.78 is 30.8. The van der Waals surface area contributed by atoms with E-state index in [1.165, 1.54) is 11.4 Å². The van der Waals surface area contributed by atoms with Crippen molar-refractivity contribution in [2.75, 3.05) is 29.5 Å². The highest BCUT2D eigenvalue weighted by atomic mass is 32.2. The molecule has 7 heteroatoms. The van der Waals surface area contributed by atoms with Gasteiger partial charge in [0.25, 0.3) is 0 Å². The van der Waals surface area contributed by atoms with Crippen molar-refractivity contribution >= 4 is 27.3 Å². The Hall–Kier alpha value is -2.54. The van der Waals surface area contributed by atoms with Crippen LogP contribution in [0.3, 0.4) is 0 Å². The Bertz CT molecular complexity index is 910. The van der Waals surface area contributed by atoms with Crippen LogP contribution in [0.2, 0.25) is 0 Å². The van der Waals surface area contributed by atoms with Crippen molar-refractivity contribution in [2.24, 2.45) is 0 Å². The Morgan fingerprint density at radius 3 is 2.48 bits per heavy atom. The predicted molar refractivity (Wildman–Crippen MR) is 109 cm³/mol. The molecule has 0 bridgehead atoms. The zero-order chi connectivity index (χ0) is 20.0. The van der Waals surface area contributed by atoms with Crippen LogP contribution in [0.4, 0.5) is 11.4 Å². The molecule has 0 fully saturated rings. The highest BCUT2D eigenvalue weighted by molar-refractivity contribution is 7.92. The number of rotatable bonds is 8. The quantitative estimate of drug-likeness (QED) is 0.749. The lowest BCUT2D eigenvalue weighted by molar-refractivity contribution is -0.116. The van der Waals surface area contributed by atoms with Gasteiger partial charge >= 0.3 is 0 Å². The van der Waals surface area contributed by atoms with Gasteiger partial charge in [-0.05, 0) is 55.7 Å². The zero-order valence-electron chi connectivity index (χ0n) is 16.2. The molecule has 0 aliphatic rings. The maximum atomic E-state index is 12.2. The number of aryl methyl sites for hydroxylation is 2. The molecule has 27 heavy (non-hydrogen) atoms. The van der Waals surface area contributed by atoms with Crippen LogP contribution in [-0.4, -0.2) is 34.2 Å². The molecule has 0 atom stereocenters. The standard InChI is InChI=1S/C20H26N2O4S/c1-15-10-11-17(13-16(15)2)21-20(23)9-6-12-22(27(4,24)25)18-7-5-8-19(14-18)26-3/h5,7-8,10-11,13-14H,6,9,12H2,1-4H3,(H,21,23). The van der Waals surface area contributed by atoms with E-state index in [4.69, 9.17) is 4.74 Å². The van der Waals surface area contributed by atoms with E-state index in [1.54, 1.807) is 24.3 Å². The number of sulfonamides is 1. The number of nitrogens with one attached hydrogen (secondary N) is 1. The number of ether oxygens (including phenoxy) is 1. The number of nitrogens with zero attached hydrogens (tertiary/aromatic N) is 1. The lowest BCUT2D eigenvalue weighted by Crippen LogP contribution is -2.31. The molecule has 2 rings (SSSR count). The van der Waals surface area contributed by atoms with Gasteiger partial charge in [0.15, 0.2) is 0 Å². The number of anilines is 2. The summed E-state index contributed by atoms with van der Waals surface area (Å²) in [5, 5.41) is 2.85. The molecule has 0 unspecified atom stereocenters. The van der Waals surface area contributed by atoms with Gasteiger partial charge in [0.1, 0.15) is 5.75 Å². The summed E-state index contributed by atoms with van der Waals surface area (Å²) in [5.74, 6) is 0.436. The molecule has 0 saturated heterocycles. The third-order valence-electron chi connectivity index (χ3n) is 4.30. The van der Waals surface area contributed by atoms with Crippen molar-refractivity contribution in [3.63, 3.8) is 0 Å². The zero-order valence-corrected chi connectivity index (χ0v) is 17.0. The molecular formula is C20H26N2O4S. The van der Waals surface area contributed by atoms with Crippen molar-refractivity contribution in [1.82, 2.24) is 0 Å². The van der Waals surface area contributed by atoms with Crippen LogP contribution in [0.1, 0.15) is 24.0 Å².